The Bertz CT molecular complexity index is 420. The number of anilines is 1. The molecule has 1 atom stereocenters. The Labute approximate surface area is 108 Å². The number of rotatable bonds is 4. The van der Waals surface area contributed by atoms with Gasteiger partial charge in [0.05, 0.1) is 12.8 Å². The van der Waals surface area contributed by atoms with Crippen LogP contribution in [0.5, 0.6) is 5.75 Å². The molecule has 0 aromatic heterocycles. The summed E-state index contributed by atoms with van der Waals surface area (Å²) in [4.78, 5) is 13.4. The molecule has 18 heavy (non-hydrogen) atoms. The summed E-state index contributed by atoms with van der Waals surface area (Å²) in [5.74, 6) is 1.00. The van der Waals surface area contributed by atoms with E-state index >= 15 is 0 Å². The molecule has 1 N–H and O–H groups in total. The zero-order valence-corrected chi connectivity index (χ0v) is 11.0. The summed E-state index contributed by atoms with van der Waals surface area (Å²) < 4.78 is 5.29. The number of carbonyl (C=O) groups excluding carboxylic acids is 1. The molecule has 1 heterocycles. The second-order valence-corrected chi connectivity index (χ2v) is 4.59. The number of methoxy groups -OCH3 is 1. The number of hydrogen-bond donors (Lipinski definition) is 1. The van der Waals surface area contributed by atoms with Gasteiger partial charge in [-0.25, -0.2) is 0 Å². The molecule has 1 fully saturated rings. The number of para-hydroxylation sites is 2. The Balaban J connectivity index is 1.97. The summed E-state index contributed by atoms with van der Waals surface area (Å²) in [7, 11) is 1.66. The summed E-state index contributed by atoms with van der Waals surface area (Å²) in [5, 5.41) is 3.37. The Morgan fingerprint density at radius 1 is 1.50 bits per heavy atom. The van der Waals surface area contributed by atoms with Crippen molar-refractivity contribution >= 4 is 11.6 Å². The van der Waals surface area contributed by atoms with Gasteiger partial charge >= 0.3 is 0 Å². The highest BCUT2D eigenvalue weighted by Crippen LogP contribution is 2.24. The first-order valence-corrected chi connectivity index (χ1v) is 6.36. The van der Waals surface area contributed by atoms with Gasteiger partial charge in [-0.1, -0.05) is 12.1 Å². The third-order valence-corrected chi connectivity index (χ3v) is 3.42. The summed E-state index contributed by atoms with van der Waals surface area (Å²) in [6.07, 6.45) is 2.17. The minimum atomic E-state index is 0.166. The van der Waals surface area contributed by atoms with E-state index in [2.05, 4.69) is 5.32 Å². The van der Waals surface area contributed by atoms with Gasteiger partial charge < -0.3 is 15.0 Å². The van der Waals surface area contributed by atoms with Gasteiger partial charge in [0.25, 0.3) is 0 Å². The fraction of sp³-hybridized carbons (Fsp3) is 0.500. The molecular formula is C14H20N2O2. The van der Waals surface area contributed by atoms with Crippen molar-refractivity contribution in [2.24, 2.45) is 0 Å². The van der Waals surface area contributed by atoms with E-state index < -0.39 is 0 Å². The van der Waals surface area contributed by atoms with E-state index in [9.17, 15) is 4.79 Å². The number of ether oxygens (including phenoxy) is 1. The highest BCUT2D eigenvalue weighted by Gasteiger charge is 2.26. The molecule has 1 aromatic rings. The zero-order valence-electron chi connectivity index (χ0n) is 11.0. The van der Waals surface area contributed by atoms with Gasteiger partial charge in [0.2, 0.25) is 5.91 Å². The monoisotopic (exact) mass is 248 g/mol. The predicted molar refractivity (Wildman–Crippen MR) is 71.9 cm³/mol. The van der Waals surface area contributed by atoms with Crippen molar-refractivity contribution in [3.63, 3.8) is 0 Å². The Kier molecular flexibility index (Phi) is 4.07. The van der Waals surface area contributed by atoms with Crippen LogP contribution < -0.4 is 10.1 Å². The number of nitrogens with zero attached hydrogens (tertiary/aromatic N) is 1. The lowest BCUT2D eigenvalue weighted by Gasteiger charge is -2.24. The molecule has 0 radical (unpaired) electrons. The molecule has 98 valence electrons. The number of hydrogen-bond acceptors (Lipinski definition) is 3. The highest BCUT2D eigenvalue weighted by molar-refractivity contribution is 5.74. The maximum absolute atomic E-state index is 11.5. The lowest BCUT2D eigenvalue weighted by atomic mass is 10.2. The molecule has 0 spiro atoms. The third-order valence-electron chi connectivity index (χ3n) is 3.42. The molecular weight excluding hydrogens is 228 g/mol. The summed E-state index contributed by atoms with van der Waals surface area (Å²) in [5.41, 5.74) is 0.982. The average Bonchev–Trinajstić information content (AvgIpc) is 2.85. The van der Waals surface area contributed by atoms with Gasteiger partial charge in [0, 0.05) is 26.1 Å². The number of amides is 1. The van der Waals surface area contributed by atoms with E-state index in [-0.39, 0.29) is 5.91 Å². The quantitative estimate of drug-likeness (QED) is 0.887. The molecule has 1 aromatic carbocycles. The molecule has 1 unspecified atom stereocenters. The van der Waals surface area contributed by atoms with Crippen LogP contribution in [-0.2, 0) is 4.79 Å². The minimum Gasteiger partial charge on any atom is -0.495 e. The summed E-state index contributed by atoms with van der Waals surface area (Å²) in [6, 6.07) is 8.14. The molecule has 0 aliphatic carbocycles. The van der Waals surface area contributed by atoms with Crippen LogP contribution in [0, 0.1) is 0 Å². The number of nitrogens with one attached hydrogen (secondary N) is 1. The van der Waals surface area contributed by atoms with E-state index in [4.69, 9.17) is 4.74 Å². The van der Waals surface area contributed by atoms with Crippen LogP contribution in [0.2, 0.25) is 0 Å². The molecule has 2 rings (SSSR count). The fourth-order valence-electron chi connectivity index (χ4n) is 2.48. The van der Waals surface area contributed by atoms with E-state index in [0.717, 1.165) is 37.4 Å². The first-order chi connectivity index (χ1) is 8.72. The Morgan fingerprint density at radius 2 is 2.28 bits per heavy atom. The number of likely N-dealkylation sites (tertiary alicyclic amines) is 1. The minimum absolute atomic E-state index is 0.166. The van der Waals surface area contributed by atoms with Crippen molar-refractivity contribution in [2.75, 3.05) is 25.5 Å². The number of carbonyl (C=O) groups is 1. The highest BCUT2D eigenvalue weighted by atomic mass is 16.5. The van der Waals surface area contributed by atoms with Crippen molar-refractivity contribution in [1.29, 1.82) is 0 Å². The van der Waals surface area contributed by atoms with E-state index in [0.29, 0.717) is 6.04 Å². The van der Waals surface area contributed by atoms with Crippen LogP contribution in [0.25, 0.3) is 0 Å². The smallest absolute Gasteiger partial charge is 0.219 e. The van der Waals surface area contributed by atoms with Gasteiger partial charge in [-0.15, -0.1) is 0 Å². The van der Waals surface area contributed by atoms with Crippen molar-refractivity contribution in [1.82, 2.24) is 4.90 Å². The topological polar surface area (TPSA) is 41.6 Å². The normalized spacial score (nSPS) is 18.8. The first-order valence-electron chi connectivity index (χ1n) is 6.36. The summed E-state index contributed by atoms with van der Waals surface area (Å²) >= 11 is 0. The van der Waals surface area contributed by atoms with Crippen LogP contribution in [0.4, 0.5) is 5.69 Å². The van der Waals surface area contributed by atoms with Crippen LogP contribution >= 0.6 is 0 Å². The van der Waals surface area contributed by atoms with E-state index in [1.807, 2.05) is 29.2 Å². The predicted octanol–water partition coefficient (Wildman–Crippen LogP) is 2.12. The van der Waals surface area contributed by atoms with Gasteiger partial charge in [0.15, 0.2) is 0 Å². The molecule has 4 nitrogen and oxygen atoms in total. The maximum atomic E-state index is 11.5. The molecule has 4 heteroatoms. The van der Waals surface area contributed by atoms with E-state index in [1.54, 1.807) is 14.0 Å². The third kappa shape index (κ3) is 2.75. The second-order valence-electron chi connectivity index (χ2n) is 4.59. The number of benzene rings is 1. The van der Waals surface area contributed by atoms with Crippen LogP contribution in [0.15, 0.2) is 24.3 Å². The largest absolute Gasteiger partial charge is 0.495 e. The van der Waals surface area contributed by atoms with Crippen molar-refractivity contribution in [3.8, 4) is 5.75 Å². The Hall–Kier alpha value is -1.71. The first kappa shape index (κ1) is 12.7. The Morgan fingerprint density at radius 3 is 3.00 bits per heavy atom. The van der Waals surface area contributed by atoms with Gasteiger partial charge in [-0.3, -0.25) is 4.79 Å². The van der Waals surface area contributed by atoms with Crippen molar-refractivity contribution in [2.45, 2.75) is 25.8 Å². The molecule has 0 saturated carbocycles. The SMILES string of the molecule is COc1ccccc1NCC1CCCN1C(C)=O. The fourth-order valence-corrected chi connectivity index (χ4v) is 2.48. The average molecular weight is 248 g/mol. The van der Waals surface area contributed by atoms with Crippen molar-refractivity contribution < 1.29 is 9.53 Å². The lowest BCUT2D eigenvalue weighted by Crippen LogP contribution is -2.38. The van der Waals surface area contributed by atoms with Crippen LogP contribution in [0.1, 0.15) is 19.8 Å². The maximum Gasteiger partial charge on any atom is 0.219 e. The summed E-state index contributed by atoms with van der Waals surface area (Å²) in [6.45, 7) is 3.30. The van der Waals surface area contributed by atoms with Gasteiger partial charge in [-0.2, -0.15) is 0 Å². The molecule has 0 bridgehead atoms. The van der Waals surface area contributed by atoms with Crippen LogP contribution in [-0.4, -0.2) is 37.0 Å². The van der Waals surface area contributed by atoms with Crippen LogP contribution in [0.3, 0.4) is 0 Å². The molecule has 1 saturated heterocycles. The standard InChI is InChI=1S/C14H20N2O2/c1-11(17)16-9-5-6-12(16)10-15-13-7-3-4-8-14(13)18-2/h3-4,7-8,12,15H,5-6,9-10H2,1-2H3. The zero-order chi connectivity index (χ0) is 13.0. The molecule has 1 amide bonds. The second kappa shape index (κ2) is 5.76. The van der Waals surface area contributed by atoms with Crippen molar-refractivity contribution in [3.05, 3.63) is 24.3 Å². The molecule has 1 aliphatic heterocycles. The lowest BCUT2D eigenvalue weighted by molar-refractivity contribution is -0.129. The van der Waals surface area contributed by atoms with Gasteiger partial charge in [0.1, 0.15) is 5.75 Å². The molecule has 1 aliphatic rings. The van der Waals surface area contributed by atoms with Gasteiger partial charge in [-0.05, 0) is 25.0 Å². The van der Waals surface area contributed by atoms with E-state index in [1.165, 1.54) is 0 Å².